The van der Waals surface area contributed by atoms with Gasteiger partial charge in [-0.25, -0.2) is 4.21 Å². The second-order valence-corrected chi connectivity index (χ2v) is 5.03. The maximum Gasteiger partial charge on any atom is 0.261 e. The van der Waals surface area contributed by atoms with E-state index in [-0.39, 0.29) is 6.10 Å². The monoisotopic (exact) mass is 259 g/mol. The van der Waals surface area contributed by atoms with Crippen LogP contribution in [0.1, 0.15) is 19.3 Å². The van der Waals surface area contributed by atoms with E-state index in [1.54, 1.807) is 24.1 Å². The molecule has 1 saturated heterocycles. The summed E-state index contributed by atoms with van der Waals surface area (Å²) in [7, 11) is 1.78. The predicted molar refractivity (Wildman–Crippen MR) is 64.9 cm³/mol. The van der Waals surface area contributed by atoms with Crippen LogP contribution in [0.4, 0.5) is 5.69 Å². The Labute approximate surface area is 103 Å². The SMILES string of the molecule is Cn1cc(N(CC[C@H]2CCCO2)S(=O)O)cn1. The van der Waals surface area contributed by atoms with Crippen molar-refractivity contribution in [1.29, 1.82) is 0 Å². The Morgan fingerprint density at radius 1 is 1.76 bits per heavy atom. The minimum atomic E-state index is -2.02. The van der Waals surface area contributed by atoms with Crippen LogP contribution >= 0.6 is 0 Å². The van der Waals surface area contributed by atoms with Gasteiger partial charge in [0.15, 0.2) is 0 Å². The van der Waals surface area contributed by atoms with E-state index in [9.17, 15) is 8.76 Å². The van der Waals surface area contributed by atoms with Gasteiger partial charge in [-0.15, -0.1) is 0 Å². The number of aromatic nitrogens is 2. The lowest BCUT2D eigenvalue weighted by Crippen LogP contribution is -2.28. The van der Waals surface area contributed by atoms with Gasteiger partial charge >= 0.3 is 0 Å². The summed E-state index contributed by atoms with van der Waals surface area (Å²) in [4.78, 5) is 0. The zero-order chi connectivity index (χ0) is 12.3. The van der Waals surface area contributed by atoms with Crippen molar-refractivity contribution >= 4 is 17.0 Å². The van der Waals surface area contributed by atoms with Crippen molar-refractivity contribution in [1.82, 2.24) is 9.78 Å². The van der Waals surface area contributed by atoms with Gasteiger partial charge < -0.3 is 4.74 Å². The lowest BCUT2D eigenvalue weighted by molar-refractivity contribution is 0.106. The Kier molecular flexibility index (Phi) is 4.14. The fraction of sp³-hybridized carbons (Fsp3) is 0.700. The van der Waals surface area contributed by atoms with Crippen LogP contribution in [0, 0.1) is 0 Å². The first-order valence-corrected chi connectivity index (χ1v) is 6.72. The zero-order valence-corrected chi connectivity index (χ0v) is 10.6. The van der Waals surface area contributed by atoms with Crippen molar-refractivity contribution in [3.8, 4) is 0 Å². The third kappa shape index (κ3) is 3.27. The summed E-state index contributed by atoms with van der Waals surface area (Å²) in [5, 5.41) is 4.00. The smallest absolute Gasteiger partial charge is 0.261 e. The number of hydrogen-bond donors (Lipinski definition) is 1. The van der Waals surface area contributed by atoms with E-state index in [1.807, 2.05) is 0 Å². The van der Waals surface area contributed by atoms with Gasteiger partial charge in [0.1, 0.15) is 0 Å². The predicted octanol–water partition coefficient (Wildman–Crippen LogP) is 0.932. The van der Waals surface area contributed by atoms with Crippen LogP contribution in [0.3, 0.4) is 0 Å². The molecular weight excluding hydrogens is 242 g/mol. The van der Waals surface area contributed by atoms with Crippen LogP contribution in [0.15, 0.2) is 12.4 Å². The summed E-state index contributed by atoms with van der Waals surface area (Å²) in [6.07, 6.45) is 6.42. The van der Waals surface area contributed by atoms with Crippen molar-refractivity contribution in [2.45, 2.75) is 25.4 Å². The van der Waals surface area contributed by atoms with E-state index in [1.165, 1.54) is 4.31 Å². The van der Waals surface area contributed by atoms with Gasteiger partial charge in [0.05, 0.1) is 18.0 Å². The van der Waals surface area contributed by atoms with Crippen LogP contribution < -0.4 is 4.31 Å². The molecule has 1 aliphatic rings. The fourth-order valence-electron chi connectivity index (χ4n) is 1.97. The first-order valence-electron chi connectivity index (χ1n) is 5.65. The van der Waals surface area contributed by atoms with E-state index < -0.39 is 11.3 Å². The summed E-state index contributed by atoms with van der Waals surface area (Å²) in [5.41, 5.74) is 0.659. The fourth-order valence-corrected chi connectivity index (χ4v) is 2.50. The highest BCUT2D eigenvalue weighted by Crippen LogP contribution is 2.19. The second-order valence-electron chi connectivity index (χ2n) is 4.13. The van der Waals surface area contributed by atoms with E-state index in [4.69, 9.17) is 4.74 Å². The molecule has 0 bridgehead atoms. The molecule has 7 heteroatoms. The maximum atomic E-state index is 11.3. The third-order valence-electron chi connectivity index (χ3n) is 2.85. The number of nitrogens with zero attached hydrogens (tertiary/aromatic N) is 3. The Balaban J connectivity index is 1.95. The molecule has 0 aromatic carbocycles. The highest BCUT2D eigenvalue weighted by atomic mass is 32.2. The van der Waals surface area contributed by atoms with E-state index in [2.05, 4.69) is 5.10 Å². The maximum absolute atomic E-state index is 11.3. The summed E-state index contributed by atoms with van der Waals surface area (Å²) < 4.78 is 29.1. The highest BCUT2D eigenvalue weighted by Gasteiger charge is 2.20. The van der Waals surface area contributed by atoms with Crippen LogP contribution in [-0.4, -0.2) is 37.8 Å². The van der Waals surface area contributed by atoms with Crippen LogP contribution in [0.5, 0.6) is 0 Å². The average Bonchev–Trinajstić information content (AvgIpc) is 2.90. The van der Waals surface area contributed by atoms with Crippen molar-refractivity contribution < 1.29 is 13.5 Å². The number of ether oxygens (including phenoxy) is 1. The molecule has 17 heavy (non-hydrogen) atoms. The molecule has 0 spiro atoms. The quantitative estimate of drug-likeness (QED) is 0.799. The van der Waals surface area contributed by atoms with Gasteiger partial charge in [0.2, 0.25) is 0 Å². The molecular formula is C10H17N3O3S. The molecule has 1 unspecified atom stereocenters. The average molecular weight is 259 g/mol. The normalized spacial score (nSPS) is 21.6. The Morgan fingerprint density at radius 2 is 2.59 bits per heavy atom. The summed E-state index contributed by atoms with van der Waals surface area (Å²) >= 11 is -2.02. The number of hydrogen-bond acceptors (Lipinski definition) is 3. The number of anilines is 1. The summed E-state index contributed by atoms with van der Waals surface area (Å²) in [5.74, 6) is 0. The standard InChI is InChI=1S/C10H17N3O3S/c1-12-8-9(7-11-12)13(17(14)15)5-4-10-3-2-6-16-10/h7-8,10H,2-6H2,1H3,(H,14,15)/t10-/m1/s1. The van der Waals surface area contributed by atoms with Crippen LogP contribution in [0.2, 0.25) is 0 Å². The molecule has 1 aliphatic heterocycles. The van der Waals surface area contributed by atoms with Crippen molar-refractivity contribution in [3.05, 3.63) is 12.4 Å². The molecule has 2 atom stereocenters. The largest absolute Gasteiger partial charge is 0.378 e. The molecule has 0 amide bonds. The van der Waals surface area contributed by atoms with Crippen LogP contribution in [0.25, 0.3) is 0 Å². The van der Waals surface area contributed by atoms with Gasteiger partial charge in [-0.2, -0.15) is 5.10 Å². The van der Waals surface area contributed by atoms with Crippen molar-refractivity contribution in [2.75, 3.05) is 17.5 Å². The first-order chi connectivity index (χ1) is 8.16. The minimum absolute atomic E-state index is 0.220. The molecule has 1 N–H and O–H groups in total. The number of aryl methyl sites for hydroxylation is 1. The van der Waals surface area contributed by atoms with Gasteiger partial charge in [-0.1, -0.05) is 0 Å². The van der Waals surface area contributed by atoms with Crippen molar-refractivity contribution in [3.63, 3.8) is 0 Å². The molecule has 2 rings (SSSR count). The minimum Gasteiger partial charge on any atom is -0.378 e. The van der Waals surface area contributed by atoms with E-state index in [0.29, 0.717) is 12.2 Å². The molecule has 1 fully saturated rings. The summed E-state index contributed by atoms with van der Waals surface area (Å²) in [6.45, 7) is 1.30. The Morgan fingerprint density at radius 3 is 3.12 bits per heavy atom. The van der Waals surface area contributed by atoms with Gasteiger partial charge in [0, 0.05) is 26.4 Å². The van der Waals surface area contributed by atoms with E-state index in [0.717, 1.165) is 25.9 Å². The molecule has 0 radical (unpaired) electrons. The van der Waals surface area contributed by atoms with Gasteiger partial charge in [-0.05, 0) is 19.3 Å². The molecule has 1 aromatic heterocycles. The van der Waals surface area contributed by atoms with Gasteiger partial charge in [0.25, 0.3) is 11.3 Å². The Hall–Kier alpha value is -0.920. The third-order valence-corrected chi connectivity index (χ3v) is 3.62. The second kappa shape index (κ2) is 5.61. The molecule has 96 valence electrons. The highest BCUT2D eigenvalue weighted by molar-refractivity contribution is 7.80. The lowest BCUT2D eigenvalue weighted by atomic mass is 10.2. The lowest BCUT2D eigenvalue weighted by Gasteiger charge is -2.19. The number of rotatable bonds is 5. The van der Waals surface area contributed by atoms with Crippen molar-refractivity contribution in [2.24, 2.45) is 7.05 Å². The molecule has 0 aliphatic carbocycles. The van der Waals surface area contributed by atoms with Crippen LogP contribution in [-0.2, 0) is 23.1 Å². The Bertz CT molecular complexity index is 390. The molecule has 1 aromatic rings. The van der Waals surface area contributed by atoms with Gasteiger partial charge in [-0.3, -0.25) is 13.5 Å². The zero-order valence-electron chi connectivity index (χ0n) is 9.78. The van der Waals surface area contributed by atoms with E-state index >= 15 is 0 Å². The molecule has 2 heterocycles. The first kappa shape index (κ1) is 12.5. The summed E-state index contributed by atoms with van der Waals surface area (Å²) in [6, 6.07) is 0. The molecule has 6 nitrogen and oxygen atoms in total. The molecule has 0 saturated carbocycles. The topological polar surface area (TPSA) is 67.6 Å².